The van der Waals surface area contributed by atoms with Gasteiger partial charge in [-0.3, -0.25) is 0 Å². The molecule has 1 aromatic carbocycles. The maximum absolute atomic E-state index is 12.5. The zero-order chi connectivity index (χ0) is 18.9. The second kappa shape index (κ2) is 6.89. The van der Waals surface area contributed by atoms with E-state index in [0.29, 0.717) is 10.6 Å². The van der Waals surface area contributed by atoms with Crippen LogP contribution in [0.1, 0.15) is 47.1 Å². The molecule has 6 nitrogen and oxygen atoms in total. The Morgan fingerprint density at radius 3 is 1.79 bits per heavy atom. The fourth-order valence-corrected chi connectivity index (χ4v) is 1.93. The third-order valence-electron chi connectivity index (χ3n) is 2.82. The molecule has 0 aromatic heterocycles. The van der Waals surface area contributed by atoms with Crippen LogP contribution in [0.25, 0.3) is 0 Å². The normalized spacial score (nSPS) is 11.8. The number of carbonyl (C=O) groups excluding carboxylic acids is 2. The van der Waals surface area contributed by atoms with E-state index in [-0.39, 0.29) is 11.4 Å². The first kappa shape index (κ1) is 20.1. The molecule has 2 N–H and O–H groups in total. The standard InChI is InChI=1S/C17H25ClN2O4/c1-10-11(18)8-9-12(13(10)19)20(14(21)23-16(2,3)4)15(22)24-17(5,6)7/h8-9H,19H2,1-7H3. The number of hydrogen-bond acceptors (Lipinski definition) is 5. The number of nitrogens with zero attached hydrogens (tertiary/aromatic N) is 1. The minimum absolute atomic E-state index is 0.167. The molecule has 0 fully saturated rings. The summed E-state index contributed by atoms with van der Waals surface area (Å²) in [6, 6.07) is 3.04. The molecule has 24 heavy (non-hydrogen) atoms. The van der Waals surface area contributed by atoms with Gasteiger partial charge in [-0.1, -0.05) is 11.6 Å². The van der Waals surface area contributed by atoms with Gasteiger partial charge >= 0.3 is 12.2 Å². The van der Waals surface area contributed by atoms with E-state index >= 15 is 0 Å². The van der Waals surface area contributed by atoms with E-state index in [4.69, 9.17) is 26.8 Å². The lowest BCUT2D eigenvalue weighted by atomic mass is 10.1. The van der Waals surface area contributed by atoms with E-state index < -0.39 is 23.4 Å². The topological polar surface area (TPSA) is 81.9 Å². The highest BCUT2D eigenvalue weighted by Crippen LogP contribution is 2.33. The molecule has 0 radical (unpaired) electrons. The molecule has 2 amide bonds. The van der Waals surface area contributed by atoms with Crippen LogP contribution in [0.4, 0.5) is 21.0 Å². The second-order valence-corrected chi connectivity index (χ2v) is 7.81. The van der Waals surface area contributed by atoms with E-state index in [2.05, 4.69) is 0 Å². The summed E-state index contributed by atoms with van der Waals surface area (Å²) in [5.41, 5.74) is 5.41. The van der Waals surface area contributed by atoms with E-state index in [1.807, 2.05) is 0 Å². The molecule has 0 spiro atoms. The summed E-state index contributed by atoms with van der Waals surface area (Å²) < 4.78 is 10.6. The first-order chi connectivity index (χ1) is 10.7. The summed E-state index contributed by atoms with van der Waals surface area (Å²) in [5, 5.41) is 0.435. The molecular formula is C17H25ClN2O4. The predicted molar refractivity (Wildman–Crippen MR) is 95.5 cm³/mol. The van der Waals surface area contributed by atoms with Gasteiger partial charge in [0.05, 0.1) is 11.4 Å². The van der Waals surface area contributed by atoms with Crippen LogP contribution < -0.4 is 10.6 Å². The molecule has 7 heteroatoms. The van der Waals surface area contributed by atoms with Crippen molar-refractivity contribution in [2.24, 2.45) is 0 Å². The van der Waals surface area contributed by atoms with Gasteiger partial charge in [-0.2, -0.15) is 4.90 Å². The van der Waals surface area contributed by atoms with Gasteiger partial charge in [-0.05, 0) is 66.2 Å². The number of hydrogen-bond donors (Lipinski definition) is 1. The lowest BCUT2D eigenvalue weighted by Crippen LogP contribution is -2.44. The van der Waals surface area contributed by atoms with E-state index in [0.717, 1.165) is 4.90 Å². The second-order valence-electron chi connectivity index (χ2n) is 7.40. The first-order valence-corrected chi connectivity index (χ1v) is 7.91. The first-order valence-electron chi connectivity index (χ1n) is 7.53. The largest absolute Gasteiger partial charge is 0.443 e. The third-order valence-corrected chi connectivity index (χ3v) is 3.23. The van der Waals surface area contributed by atoms with Crippen molar-refractivity contribution in [1.29, 1.82) is 0 Å². The van der Waals surface area contributed by atoms with Gasteiger partial charge in [0.1, 0.15) is 11.2 Å². The minimum atomic E-state index is -0.870. The molecule has 1 rings (SSSR count). The lowest BCUT2D eigenvalue weighted by Gasteiger charge is -2.29. The Bertz CT molecular complexity index is 617. The number of nitrogen functional groups attached to an aromatic ring is 1. The molecule has 0 unspecified atom stereocenters. The lowest BCUT2D eigenvalue weighted by molar-refractivity contribution is 0.0431. The summed E-state index contributed by atoms with van der Waals surface area (Å²) >= 11 is 6.03. The van der Waals surface area contributed by atoms with Gasteiger partial charge in [-0.25, -0.2) is 9.59 Å². The summed E-state index contributed by atoms with van der Waals surface area (Å²) in [6.07, 6.45) is -1.74. The quantitative estimate of drug-likeness (QED) is 0.723. The van der Waals surface area contributed by atoms with E-state index in [9.17, 15) is 9.59 Å². The van der Waals surface area contributed by atoms with Crippen LogP contribution in [0.15, 0.2) is 12.1 Å². The molecule has 0 heterocycles. The monoisotopic (exact) mass is 356 g/mol. The number of imide groups is 1. The number of halogens is 1. The molecule has 0 saturated carbocycles. The number of ether oxygens (including phenoxy) is 2. The van der Waals surface area contributed by atoms with Crippen LogP contribution in [0, 0.1) is 6.92 Å². The maximum Gasteiger partial charge on any atom is 0.424 e. The smallest absolute Gasteiger partial charge is 0.424 e. The van der Waals surface area contributed by atoms with Gasteiger partial charge in [-0.15, -0.1) is 0 Å². The fraction of sp³-hybridized carbons (Fsp3) is 0.529. The van der Waals surface area contributed by atoms with Crippen LogP contribution in [-0.2, 0) is 9.47 Å². The zero-order valence-corrected chi connectivity index (χ0v) is 15.9. The van der Waals surface area contributed by atoms with Crippen molar-refractivity contribution in [3.8, 4) is 0 Å². The van der Waals surface area contributed by atoms with Crippen molar-refractivity contribution in [1.82, 2.24) is 0 Å². The van der Waals surface area contributed by atoms with Crippen molar-refractivity contribution in [2.75, 3.05) is 10.6 Å². The van der Waals surface area contributed by atoms with Gasteiger partial charge < -0.3 is 15.2 Å². The Hall–Kier alpha value is -1.95. The Kier molecular flexibility index (Phi) is 5.77. The van der Waals surface area contributed by atoms with Crippen LogP contribution in [0.5, 0.6) is 0 Å². The average molecular weight is 357 g/mol. The third kappa shape index (κ3) is 5.30. The van der Waals surface area contributed by atoms with Crippen molar-refractivity contribution in [3.05, 3.63) is 22.7 Å². The fourth-order valence-electron chi connectivity index (χ4n) is 1.77. The number of carbonyl (C=O) groups is 2. The number of rotatable bonds is 1. The molecule has 0 saturated heterocycles. The molecule has 0 aliphatic heterocycles. The Morgan fingerprint density at radius 2 is 1.42 bits per heavy atom. The number of nitrogens with two attached hydrogens (primary N) is 1. The molecule has 1 aromatic rings. The van der Waals surface area contributed by atoms with Crippen LogP contribution >= 0.6 is 11.6 Å². The molecular weight excluding hydrogens is 332 g/mol. The van der Waals surface area contributed by atoms with E-state index in [1.165, 1.54) is 6.07 Å². The highest BCUT2D eigenvalue weighted by Gasteiger charge is 2.34. The maximum atomic E-state index is 12.5. The Labute approximate surface area is 147 Å². The van der Waals surface area contributed by atoms with Gasteiger partial charge in [0.2, 0.25) is 0 Å². The predicted octanol–water partition coefficient (Wildman–Crippen LogP) is 4.91. The summed E-state index contributed by atoms with van der Waals surface area (Å²) in [4.78, 5) is 25.9. The van der Waals surface area contributed by atoms with Gasteiger partial charge in [0.15, 0.2) is 0 Å². The average Bonchev–Trinajstić information content (AvgIpc) is 2.35. The van der Waals surface area contributed by atoms with Crippen LogP contribution in [-0.4, -0.2) is 23.4 Å². The van der Waals surface area contributed by atoms with Crippen molar-refractivity contribution in [2.45, 2.75) is 59.7 Å². The Balaban J connectivity index is 3.36. The number of anilines is 2. The molecule has 0 aliphatic rings. The Morgan fingerprint density at radius 1 is 1.00 bits per heavy atom. The summed E-state index contributed by atoms with van der Waals surface area (Å²) in [7, 11) is 0. The molecule has 0 bridgehead atoms. The van der Waals surface area contributed by atoms with Gasteiger partial charge in [0.25, 0.3) is 0 Å². The van der Waals surface area contributed by atoms with Crippen molar-refractivity contribution < 1.29 is 19.1 Å². The molecule has 134 valence electrons. The highest BCUT2D eigenvalue weighted by atomic mass is 35.5. The molecule has 0 atom stereocenters. The zero-order valence-electron chi connectivity index (χ0n) is 15.2. The highest BCUT2D eigenvalue weighted by molar-refractivity contribution is 6.32. The van der Waals surface area contributed by atoms with E-state index in [1.54, 1.807) is 54.5 Å². The number of benzene rings is 1. The van der Waals surface area contributed by atoms with Crippen LogP contribution in [0.3, 0.4) is 0 Å². The summed E-state index contributed by atoms with van der Waals surface area (Å²) in [5.74, 6) is 0. The van der Waals surface area contributed by atoms with Crippen molar-refractivity contribution in [3.63, 3.8) is 0 Å². The number of amides is 2. The molecule has 0 aliphatic carbocycles. The summed E-state index contributed by atoms with van der Waals surface area (Å²) in [6.45, 7) is 11.9. The van der Waals surface area contributed by atoms with Gasteiger partial charge in [0, 0.05) is 5.02 Å². The SMILES string of the molecule is Cc1c(Cl)ccc(N(C(=O)OC(C)(C)C)C(=O)OC(C)(C)C)c1N. The minimum Gasteiger partial charge on any atom is -0.443 e. The van der Waals surface area contributed by atoms with Crippen molar-refractivity contribution >= 4 is 35.2 Å². The van der Waals surface area contributed by atoms with Crippen LogP contribution in [0.2, 0.25) is 5.02 Å².